The highest BCUT2D eigenvalue weighted by atomic mass is 35.5. The third-order valence-corrected chi connectivity index (χ3v) is 6.52. The van der Waals surface area contributed by atoms with E-state index in [0.29, 0.717) is 19.5 Å². The highest BCUT2D eigenvalue weighted by molar-refractivity contribution is 7.89. The SMILES string of the molecule is Cc1c(Cl)cc(S(=O)(=O)N2CCCC(C(C)N)C2)cc1[N+](=O)[O-].Cl. The number of nitro groups is 1. The number of rotatable bonds is 4. The largest absolute Gasteiger partial charge is 0.328 e. The van der Waals surface area contributed by atoms with E-state index in [4.69, 9.17) is 17.3 Å². The molecule has 2 rings (SSSR count). The van der Waals surface area contributed by atoms with Crippen LogP contribution < -0.4 is 5.73 Å². The van der Waals surface area contributed by atoms with Gasteiger partial charge in [0.1, 0.15) is 0 Å². The van der Waals surface area contributed by atoms with Crippen molar-refractivity contribution in [2.45, 2.75) is 37.6 Å². The lowest BCUT2D eigenvalue weighted by Gasteiger charge is -2.33. The Morgan fingerprint density at radius 2 is 2.08 bits per heavy atom. The van der Waals surface area contributed by atoms with Gasteiger partial charge in [-0.25, -0.2) is 8.42 Å². The minimum absolute atomic E-state index is 0. The fourth-order valence-electron chi connectivity index (χ4n) is 2.75. The van der Waals surface area contributed by atoms with Crippen LogP contribution in [-0.4, -0.2) is 36.8 Å². The van der Waals surface area contributed by atoms with E-state index < -0.39 is 14.9 Å². The fraction of sp³-hybridized carbons (Fsp3) is 0.571. The molecule has 0 spiro atoms. The molecule has 1 fully saturated rings. The van der Waals surface area contributed by atoms with E-state index >= 15 is 0 Å². The molecule has 1 aromatic carbocycles. The molecule has 1 saturated heterocycles. The first-order valence-electron chi connectivity index (χ1n) is 7.35. The lowest BCUT2D eigenvalue weighted by molar-refractivity contribution is -0.385. The summed E-state index contributed by atoms with van der Waals surface area (Å²) in [5, 5.41) is 11.2. The number of piperidine rings is 1. The van der Waals surface area contributed by atoms with E-state index in [1.807, 2.05) is 6.92 Å². The zero-order valence-electron chi connectivity index (χ0n) is 13.4. The molecule has 0 saturated carbocycles. The molecule has 2 N–H and O–H groups in total. The highest BCUT2D eigenvalue weighted by Gasteiger charge is 2.33. The van der Waals surface area contributed by atoms with Crippen LogP contribution in [0.4, 0.5) is 5.69 Å². The minimum atomic E-state index is -3.83. The molecule has 1 heterocycles. The van der Waals surface area contributed by atoms with Crippen LogP contribution in [0.5, 0.6) is 0 Å². The van der Waals surface area contributed by atoms with Gasteiger partial charge < -0.3 is 5.73 Å². The average Bonchev–Trinajstić information content (AvgIpc) is 2.49. The van der Waals surface area contributed by atoms with Crippen molar-refractivity contribution in [3.8, 4) is 0 Å². The number of sulfonamides is 1. The van der Waals surface area contributed by atoms with Gasteiger partial charge in [-0.1, -0.05) is 11.6 Å². The molecular weight excluding hydrogens is 377 g/mol. The first-order chi connectivity index (χ1) is 10.6. The predicted octanol–water partition coefficient (Wildman–Crippen LogP) is 2.73. The first-order valence-corrected chi connectivity index (χ1v) is 9.16. The second-order valence-corrected chi connectivity index (χ2v) is 8.28. The topological polar surface area (TPSA) is 107 Å². The van der Waals surface area contributed by atoms with Gasteiger partial charge in [0.25, 0.3) is 5.69 Å². The van der Waals surface area contributed by atoms with Crippen molar-refractivity contribution in [1.82, 2.24) is 4.31 Å². The molecule has 1 aliphatic rings. The third kappa shape index (κ3) is 4.18. The van der Waals surface area contributed by atoms with Crippen LogP contribution in [0.2, 0.25) is 5.02 Å². The first kappa shape index (κ1) is 21.1. The van der Waals surface area contributed by atoms with Gasteiger partial charge in [-0.2, -0.15) is 4.31 Å². The fourth-order valence-corrected chi connectivity index (χ4v) is 4.61. The van der Waals surface area contributed by atoms with E-state index in [1.165, 1.54) is 17.3 Å². The maximum absolute atomic E-state index is 12.8. The molecule has 1 aliphatic heterocycles. The Kier molecular flexibility index (Phi) is 7.01. The number of benzene rings is 1. The summed E-state index contributed by atoms with van der Waals surface area (Å²) in [6.45, 7) is 4.04. The van der Waals surface area contributed by atoms with Gasteiger partial charge in [-0.05, 0) is 38.7 Å². The Hall–Kier alpha value is -0.930. The van der Waals surface area contributed by atoms with Crippen molar-refractivity contribution in [2.75, 3.05) is 13.1 Å². The van der Waals surface area contributed by atoms with Crippen molar-refractivity contribution in [1.29, 1.82) is 0 Å². The lowest BCUT2D eigenvalue weighted by Crippen LogP contribution is -2.44. The quantitative estimate of drug-likeness (QED) is 0.620. The Morgan fingerprint density at radius 3 is 2.62 bits per heavy atom. The van der Waals surface area contributed by atoms with Gasteiger partial charge in [0.05, 0.1) is 14.8 Å². The normalized spacial score (nSPS) is 20.2. The van der Waals surface area contributed by atoms with Crippen molar-refractivity contribution < 1.29 is 13.3 Å². The van der Waals surface area contributed by atoms with Gasteiger partial charge in [0, 0.05) is 30.8 Å². The summed E-state index contributed by atoms with van der Waals surface area (Å²) in [6.07, 6.45) is 1.59. The monoisotopic (exact) mass is 397 g/mol. The van der Waals surface area contributed by atoms with Crippen molar-refractivity contribution in [3.63, 3.8) is 0 Å². The molecule has 24 heavy (non-hydrogen) atoms. The van der Waals surface area contributed by atoms with Crippen LogP contribution in [0.3, 0.4) is 0 Å². The molecular formula is C14H21Cl2N3O4S. The summed E-state index contributed by atoms with van der Waals surface area (Å²) < 4.78 is 26.9. The number of hydrogen-bond acceptors (Lipinski definition) is 5. The van der Waals surface area contributed by atoms with Crippen molar-refractivity contribution >= 4 is 39.7 Å². The zero-order valence-corrected chi connectivity index (χ0v) is 15.8. The Morgan fingerprint density at radius 1 is 1.46 bits per heavy atom. The van der Waals surface area contributed by atoms with Crippen molar-refractivity contribution in [2.24, 2.45) is 11.7 Å². The average molecular weight is 398 g/mol. The van der Waals surface area contributed by atoms with E-state index in [1.54, 1.807) is 0 Å². The van der Waals surface area contributed by atoms with E-state index in [2.05, 4.69) is 0 Å². The number of halogens is 2. The molecule has 7 nitrogen and oxygen atoms in total. The van der Waals surface area contributed by atoms with Crippen molar-refractivity contribution in [3.05, 3.63) is 32.8 Å². The van der Waals surface area contributed by atoms with Crippen LogP contribution in [0.15, 0.2) is 17.0 Å². The number of nitrogens with two attached hydrogens (primary N) is 1. The summed E-state index contributed by atoms with van der Waals surface area (Å²) in [6, 6.07) is 2.24. The molecule has 0 radical (unpaired) electrons. The van der Waals surface area contributed by atoms with Crippen LogP contribution in [-0.2, 0) is 10.0 Å². The smallest absolute Gasteiger partial charge is 0.275 e. The summed E-state index contributed by atoms with van der Waals surface area (Å²) in [7, 11) is -3.83. The maximum Gasteiger partial charge on any atom is 0.275 e. The van der Waals surface area contributed by atoms with Gasteiger partial charge in [0.2, 0.25) is 10.0 Å². The number of nitrogens with zero attached hydrogens (tertiary/aromatic N) is 2. The lowest BCUT2D eigenvalue weighted by atomic mass is 9.93. The summed E-state index contributed by atoms with van der Waals surface area (Å²) in [5.74, 6) is 0.0782. The van der Waals surface area contributed by atoms with Crippen LogP contribution in [0, 0.1) is 23.0 Å². The van der Waals surface area contributed by atoms with Gasteiger partial charge >= 0.3 is 0 Å². The molecule has 0 bridgehead atoms. The maximum atomic E-state index is 12.8. The molecule has 10 heteroatoms. The Labute approximate surface area is 152 Å². The molecule has 0 aromatic heterocycles. The number of nitro benzene ring substituents is 1. The van der Waals surface area contributed by atoms with Gasteiger partial charge in [-0.3, -0.25) is 10.1 Å². The summed E-state index contributed by atoms with van der Waals surface area (Å²) >= 11 is 5.98. The standard InChI is InChI=1S/C14H20ClN3O4S.ClH/c1-9-13(15)6-12(7-14(9)18(19)20)23(21,22)17-5-3-4-11(8-17)10(2)16;/h6-7,10-11H,3-5,8,16H2,1-2H3;1H. The predicted molar refractivity (Wildman–Crippen MR) is 95.2 cm³/mol. The molecule has 0 aliphatic carbocycles. The summed E-state index contributed by atoms with van der Waals surface area (Å²) in [5.41, 5.74) is 5.85. The number of hydrogen-bond donors (Lipinski definition) is 1. The zero-order chi connectivity index (χ0) is 17.4. The second kappa shape index (κ2) is 7.97. The third-order valence-electron chi connectivity index (χ3n) is 4.29. The Bertz CT molecular complexity index is 725. The van der Waals surface area contributed by atoms with E-state index in [-0.39, 0.29) is 45.5 Å². The molecule has 2 unspecified atom stereocenters. The molecule has 136 valence electrons. The van der Waals surface area contributed by atoms with Crippen LogP contribution in [0.25, 0.3) is 0 Å². The Balaban J connectivity index is 0.00000288. The second-order valence-electron chi connectivity index (χ2n) is 5.93. The van der Waals surface area contributed by atoms with Gasteiger partial charge in [-0.15, -0.1) is 12.4 Å². The molecule has 1 aromatic rings. The van der Waals surface area contributed by atoms with Crippen LogP contribution >= 0.6 is 24.0 Å². The van der Waals surface area contributed by atoms with E-state index in [0.717, 1.165) is 12.5 Å². The van der Waals surface area contributed by atoms with E-state index in [9.17, 15) is 18.5 Å². The summed E-state index contributed by atoms with van der Waals surface area (Å²) in [4.78, 5) is 10.3. The molecule has 0 amide bonds. The minimum Gasteiger partial charge on any atom is -0.328 e. The molecule has 2 atom stereocenters. The highest BCUT2D eigenvalue weighted by Crippen LogP contribution is 2.32. The van der Waals surface area contributed by atoms with Crippen LogP contribution in [0.1, 0.15) is 25.3 Å². The van der Waals surface area contributed by atoms with Gasteiger partial charge in [0.15, 0.2) is 0 Å².